The van der Waals surface area contributed by atoms with E-state index in [9.17, 15) is 0 Å². The maximum atomic E-state index is 8.11. The van der Waals surface area contributed by atoms with Crippen molar-refractivity contribution in [1.82, 2.24) is 0 Å². The normalized spacial score (nSPS) is 11.2. The number of benzene rings is 2. The Balaban J connectivity index is 0.000000329. The van der Waals surface area contributed by atoms with Crippen LogP contribution in [0, 0.1) is 10.6 Å². The molecule has 2 aromatic carbocycles. The summed E-state index contributed by atoms with van der Waals surface area (Å²) in [4.78, 5) is 5.49. The standard InChI is InChI=1S/C12H8S2.N2O/c1-2-6-10-9(5-1)13-11-7-3-4-8-12(11)14-10;1-2-3/h1-8H;. The van der Waals surface area contributed by atoms with Crippen molar-refractivity contribution in [3.8, 4) is 0 Å². The Bertz CT molecular complexity index is 479. The van der Waals surface area contributed by atoms with Crippen LogP contribution in [0.1, 0.15) is 0 Å². The van der Waals surface area contributed by atoms with Gasteiger partial charge in [0.1, 0.15) is 0 Å². The van der Waals surface area contributed by atoms with E-state index >= 15 is 0 Å². The van der Waals surface area contributed by atoms with E-state index < -0.39 is 0 Å². The minimum Gasteiger partial charge on any atom is -0.463 e. The maximum Gasteiger partial charge on any atom is 0.237 e. The highest BCUT2D eigenvalue weighted by atomic mass is 32.2. The van der Waals surface area contributed by atoms with Crippen LogP contribution in [0.5, 0.6) is 0 Å². The van der Waals surface area contributed by atoms with Gasteiger partial charge in [0.2, 0.25) is 10.5 Å². The molecule has 5 heteroatoms. The van der Waals surface area contributed by atoms with Gasteiger partial charge in [-0.25, -0.2) is 0 Å². The lowest BCUT2D eigenvalue weighted by atomic mass is 10.3. The fourth-order valence-electron chi connectivity index (χ4n) is 1.47. The molecule has 0 unspecified atom stereocenters. The Morgan fingerprint density at radius 3 is 1.24 bits per heavy atom. The minimum atomic E-state index is 1.25. The second kappa shape index (κ2) is 5.62. The third-order valence-corrected chi connectivity index (χ3v) is 4.70. The lowest BCUT2D eigenvalue weighted by Crippen LogP contribution is -1.87. The molecule has 3 rings (SSSR count). The van der Waals surface area contributed by atoms with Crippen molar-refractivity contribution in [3.63, 3.8) is 0 Å². The van der Waals surface area contributed by atoms with Crippen LogP contribution in [-0.4, -0.2) is 0 Å². The summed E-state index contributed by atoms with van der Waals surface area (Å²) in [5.41, 5.74) is 0. The highest BCUT2D eigenvalue weighted by Crippen LogP contribution is 2.47. The highest BCUT2D eigenvalue weighted by molar-refractivity contribution is 8.05. The summed E-state index contributed by atoms with van der Waals surface area (Å²) >= 11 is 3.72. The quantitative estimate of drug-likeness (QED) is 0.436. The first-order chi connectivity index (χ1) is 8.35. The molecule has 0 radical (unpaired) electrons. The second-order valence-electron chi connectivity index (χ2n) is 3.18. The zero-order valence-electron chi connectivity index (χ0n) is 8.74. The molecular weight excluding hydrogens is 252 g/mol. The summed E-state index contributed by atoms with van der Waals surface area (Å²) in [5.74, 6) is 0. The Morgan fingerprint density at radius 2 is 1.00 bits per heavy atom. The summed E-state index contributed by atoms with van der Waals surface area (Å²) in [6.45, 7) is 0. The van der Waals surface area contributed by atoms with Gasteiger partial charge in [0, 0.05) is 19.6 Å². The first-order valence-corrected chi connectivity index (χ1v) is 6.49. The van der Waals surface area contributed by atoms with Crippen LogP contribution in [0.15, 0.2) is 68.1 Å². The molecule has 3 nitrogen and oxygen atoms in total. The third kappa shape index (κ3) is 2.73. The Kier molecular flexibility index (Phi) is 3.91. The van der Waals surface area contributed by atoms with Gasteiger partial charge in [-0.2, -0.15) is 0 Å². The fraction of sp³-hybridized carbons (Fsp3) is 0. The molecule has 0 saturated heterocycles. The molecule has 0 atom stereocenters. The van der Waals surface area contributed by atoms with Gasteiger partial charge in [-0.05, 0) is 24.3 Å². The number of hydrogen-bond donors (Lipinski definition) is 0. The smallest absolute Gasteiger partial charge is 0.237 e. The molecule has 0 bridgehead atoms. The molecule has 0 aliphatic carbocycles. The van der Waals surface area contributed by atoms with Crippen LogP contribution in [0.3, 0.4) is 0 Å². The van der Waals surface area contributed by atoms with Crippen molar-refractivity contribution in [2.45, 2.75) is 19.6 Å². The van der Waals surface area contributed by atoms with Gasteiger partial charge in [-0.1, -0.05) is 47.8 Å². The lowest BCUT2D eigenvalue weighted by molar-refractivity contribution is 1.16. The van der Waals surface area contributed by atoms with E-state index in [4.69, 9.17) is 10.6 Å². The van der Waals surface area contributed by atoms with Gasteiger partial charge >= 0.3 is 0 Å². The average molecular weight is 260 g/mol. The molecule has 2 aromatic rings. The van der Waals surface area contributed by atoms with Crippen LogP contribution in [0.2, 0.25) is 0 Å². The molecule has 0 N–H and O–H groups in total. The van der Waals surface area contributed by atoms with E-state index in [1.807, 2.05) is 23.5 Å². The first kappa shape index (κ1) is 11.8. The van der Waals surface area contributed by atoms with Gasteiger partial charge in [0.05, 0.1) is 0 Å². The molecule has 0 aromatic heterocycles. The van der Waals surface area contributed by atoms with E-state index in [0.29, 0.717) is 0 Å². The number of hydrogen-bond acceptors (Lipinski definition) is 4. The van der Waals surface area contributed by atoms with Crippen molar-refractivity contribution in [2.24, 2.45) is 0 Å². The minimum absolute atomic E-state index is 1.25. The van der Waals surface area contributed by atoms with E-state index in [2.05, 4.69) is 48.5 Å². The van der Waals surface area contributed by atoms with Gasteiger partial charge in [-0.3, -0.25) is 0 Å². The highest BCUT2D eigenvalue weighted by Gasteiger charge is 2.14. The van der Waals surface area contributed by atoms with Crippen molar-refractivity contribution >= 4 is 23.5 Å². The van der Waals surface area contributed by atoms with Crippen molar-refractivity contribution in [1.29, 1.82) is 5.39 Å². The predicted molar refractivity (Wildman–Crippen MR) is 69.6 cm³/mol. The average Bonchev–Trinajstić information content (AvgIpc) is 2.37. The van der Waals surface area contributed by atoms with Crippen LogP contribution in [0.25, 0.3) is 5.14 Å². The second-order valence-corrected chi connectivity index (χ2v) is 5.35. The number of nitrogens with zero attached hydrogens (tertiary/aromatic N) is 2. The van der Waals surface area contributed by atoms with Crippen LogP contribution in [0.4, 0.5) is 0 Å². The van der Waals surface area contributed by atoms with E-state index in [1.165, 1.54) is 24.7 Å². The fourth-order valence-corrected chi connectivity index (χ4v) is 3.71. The van der Waals surface area contributed by atoms with Crippen molar-refractivity contribution in [3.05, 3.63) is 58.9 Å². The zero-order chi connectivity index (χ0) is 12.1. The number of fused-ring (bicyclic) bond motifs is 2. The monoisotopic (exact) mass is 260 g/mol. The zero-order valence-corrected chi connectivity index (χ0v) is 10.4. The molecule has 84 valence electrons. The van der Waals surface area contributed by atoms with Crippen LogP contribution in [-0.2, 0) is 0 Å². The molecule has 1 aliphatic heterocycles. The summed E-state index contributed by atoms with van der Waals surface area (Å²) in [6.07, 6.45) is 0. The van der Waals surface area contributed by atoms with Gasteiger partial charge in [0.15, 0.2) is 0 Å². The SMILES string of the molecule is N#[N+][O-].c1ccc2c(c1)Sc1ccccc1S2. The van der Waals surface area contributed by atoms with Crippen molar-refractivity contribution in [2.75, 3.05) is 0 Å². The topological polar surface area (TPSA) is 51.2 Å². The molecule has 0 fully saturated rings. The summed E-state index contributed by atoms with van der Waals surface area (Å²) in [5, 5.41) is 16.0. The molecule has 0 spiro atoms. The van der Waals surface area contributed by atoms with Gasteiger partial charge in [0.25, 0.3) is 0 Å². The molecule has 0 saturated carbocycles. The number of diazo groups is 1. The molecule has 1 aliphatic rings. The van der Waals surface area contributed by atoms with Crippen LogP contribution >= 0.6 is 23.5 Å². The Hall–Kier alpha value is -1.64. The van der Waals surface area contributed by atoms with Gasteiger partial charge in [-0.15, -0.1) is 0 Å². The summed E-state index contributed by atoms with van der Waals surface area (Å²) in [7, 11) is 0. The largest absolute Gasteiger partial charge is 0.463 e. The molecular formula is C12H8N2OS2. The van der Waals surface area contributed by atoms with E-state index in [-0.39, 0.29) is 0 Å². The van der Waals surface area contributed by atoms with Gasteiger partial charge < -0.3 is 5.21 Å². The number of rotatable bonds is 0. The lowest BCUT2D eigenvalue weighted by Gasteiger charge is -2.17. The summed E-state index contributed by atoms with van der Waals surface area (Å²) < 4.78 is 0. The Morgan fingerprint density at radius 1 is 0.765 bits per heavy atom. The molecule has 0 amide bonds. The van der Waals surface area contributed by atoms with Crippen molar-refractivity contribution < 1.29 is 0 Å². The van der Waals surface area contributed by atoms with E-state index in [1.54, 1.807) is 0 Å². The Labute approximate surface area is 107 Å². The summed E-state index contributed by atoms with van der Waals surface area (Å²) in [6, 6.07) is 17.1. The molecule has 1 heterocycles. The predicted octanol–water partition coefficient (Wildman–Crippen LogP) is 4.64. The molecule has 17 heavy (non-hydrogen) atoms. The van der Waals surface area contributed by atoms with Crippen LogP contribution < -0.4 is 0 Å². The maximum absolute atomic E-state index is 8.11. The third-order valence-electron chi connectivity index (χ3n) is 2.14. The first-order valence-electron chi connectivity index (χ1n) is 4.85. The van der Waals surface area contributed by atoms with E-state index in [0.717, 1.165) is 0 Å².